The van der Waals surface area contributed by atoms with Crippen molar-refractivity contribution in [1.29, 1.82) is 0 Å². The molecule has 112 valence electrons. The average molecular weight is 269 g/mol. The summed E-state index contributed by atoms with van der Waals surface area (Å²) in [5.41, 5.74) is 5.85. The lowest BCUT2D eigenvalue weighted by molar-refractivity contribution is -0.140. The van der Waals surface area contributed by atoms with Gasteiger partial charge >= 0.3 is 0 Å². The number of nitrogens with zero attached hydrogens (tertiary/aromatic N) is 2. The van der Waals surface area contributed by atoms with Crippen LogP contribution < -0.4 is 5.73 Å². The predicted octanol–water partition coefficient (Wildman–Crippen LogP) is 1.55. The second-order valence-corrected chi connectivity index (χ2v) is 6.12. The van der Waals surface area contributed by atoms with E-state index in [0.717, 1.165) is 25.9 Å². The molecule has 1 rings (SSSR count). The molecule has 0 saturated heterocycles. The molecule has 1 saturated carbocycles. The summed E-state index contributed by atoms with van der Waals surface area (Å²) in [6.07, 6.45) is 4.54. The molecule has 4 heteroatoms. The summed E-state index contributed by atoms with van der Waals surface area (Å²) in [7, 11) is 4.11. The van der Waals surface area contributed by atoms with Crippen LogP contribution in [0.3, 0.4) is 0 Å². The third-order valence-electron chi connectivity index (χ3n) is 4.31. The number of rotatable bonds is 6. The molecule has 0 aliphatic heterocycles. The van der Waals surface area contributed by atoms with E-state index in [1.165, 1.54) is 12.8 Å². The lowest BCUT2D eigenvalue weighted by Crippen LogP contribution is -2.48. The van der Waals surface area contributed by atoms with E-state index in [0.29, 0.717) is 18.4 Å². The van der Waals surface area contributed by atoms with Crippen LogP contribution in [0.5, 0.6) is 0 Å². The molecule has 0 heterocycles. The molecule has 1 fully saturated rings. The summed E-state index contributed by atoms with van der Waals surface area (Å²) in [5, 5.41) is 0. The third kappa shape index (κ3) is 4.46. The molecule has 0 aromatic heterocycles. The highest BCUT2D eigenvalue weighted by Gasteiger charge is 2.33. The largest absolute Gasteiger partial charge is 0.339 e. The third-order valence-corrected chi connectivity index (χ3v) is 4.31. The Bertz CT molecular complexity index is 281. The molecule has 0 aromatic carbocycles. The maximum atomic E-state index is 12.8. The summed E-state index contributed by atoms with van der Waals surface area (Å²) in [6, 6.07) is 0.271. The Kier molecular flexibility index (Phi) is 6.80. The lowest BCUT2D eigenvalue weighted by atomic mass is 9.78. The molecule has 1 aliphatic rings. The van der Waals surface area contributed by atoms with Crippen LogP contribution in [0.15, 0.2) is 0 Å². The highest BCUT2D eigenvalue weighted by molar-refractivity contribution is 5.79. The number of amides is 1. The van der Waals surface area contributed by atoms with Gasteiger partial charge in [-0.1, -0.05) is 12.8 Å². The number of hydrogen-bond acceptors (Lipinski definition) is 3. The fraction of sp³-hybridized carbons (Fsp3) is 0.933. The van der Waals surface area contributed by atoms with Gasteiger partial charge < -0.3 is 15.5 Å². The molecule has 19 heavy (non-hydrogen) atoms. The molecule has 0 bridgehead atoms. The second-order valence-electron chi connectivity index (χ2n) is 6.12. The van der Waals surface area contributed by atoms with Crippen LogP contribution in [-0.2, 0) is 4.79 Å². The summed E-state index contributed by atoms with van der Waals surface area (Å²) in [4.78, 5) is 17.0. The molecule has 4 nitrogen and oxygen atoms in total. The zero-order valence-corrected chi connectivity index (χ0v) is 13.1. The first kappa shape index (κ1) is 16.4. The zero-order chi connectivity index (χ0) is 14.4. The summed E-state index contributed by atoms with van der Waals surface area (Å²) >= 11 is 0. The first-order valence-corrected chi connectivity index (χ1v) is 7.66. The monoisotopic (exact) mass is 269 g/mol. The van der Waals surface area contributed by atoms with Crippen molar-refractivity contribution in [1.82, 2.24) is 9.80 Å². The van der Waals surface area contributed by atoms with Crippen molar-refractivity contribution in [2.24, 2.45) is 17.6 Å². The maximum Gasteiger partial charge on any atom is 0.226 e. The molecule has 0 aromatic rings. The zero-order valence-electron chi connectivity index (χ0n) is 13.1. The van der Waals surface area contributed by atoms with Crippen molar-refractivity contribution in [3.63, 3.8) is 0 Å². The van der Waals surface area contributed by atoms with Crippen LogP contribution in [0.4, 0.5) is 0 Å². The van der Waals surface area contributed by atoms with Gasteiger partial charge in [-0.3, -0.25) is 4.79 Å². The van der Waals surface area contributed by atoms with E-state index in [4.69, 9.17) is 5.73 Å². The summed E-state index contributed by atoms with van der Waals surface area (Å²) in [5.74, 6) is 0.872. The molecule has 1 aliphatic carbocycles. The van der Waals surface area contributed by atoms with Gasteiger partial charge in [-0.05, 0) is 53.2 Å². The number of carbonyl (C=O) groups excluding carboxylic acids is 1. The van der Waals surface area contributed by atoms with E-state index in [1.54, 1.807) is 0 Å². The standard InChI is InChI=1S/C15H31N3O/c1-5-18(12(2)11-17(3)4)15(19)14-9-7-6-8-13(14)10-16/h12-14H,5-11,16H2,1-4H3. The SMILES string of the molecule is CCN(C(=O)C1CCCCC1CN)C(C)CN(C)C. The van der Waals surface area contributed by atoms with Crippen molar-refractivity contribution in [3.05, 3.63) is 0 Å². The van der Waals surface area contributed by atoms with E-state index in [-0.39, 0.29) is 12.0 Å². The topological polar surface area (TPSA) is 49.6 Å². The summed E-state index contributed by atoms with van der Waals surface area (Å²) < 4.78 is 0. The van der Waals surface area contributed by atoms with E-state index < -0.39 is 0 Å². The van der Waals surface area contributed by atoms with E-state index in [1.807, 2.05) is 4.90 Å². The number of carbonyl (C=O) groups is 1. The van der Waals surface area contributed by atoms with E-state index >= 15 is 0 Å². The fourth-order valence-electron chi connectivity index (χ4n) is 3.34. The van der Waals surface area contributed by atoms with Crippen molar-refractivity contribution in [2.45, 2.75) is 45.6 Å². The van der Waals surface area contributed by atoms with E-state index in [9.17, 15) is 4.79 Å². The molecular formula is C15H31N3O. The van der Waals surface area contributed by atoms with Crippen LogP contribution >= 0.6 is 0 Å². The molecule has 2 N–H and O–H groups in total. The minimum atomic E-state index is 0.156. The molecule has 0 spiro atoms. The van der Waals surface area contributed by atoms with Crippen LogP contribution in [0, 0.1) is 11.8 Å². The second kappa shape index (κ2) is 7.85. The Morgan fingerprint density at radius 2 is 1.95 bits per heavy atom. The van der Waals surface area contributed by atoms with Crippen molar-refractivity contribution >= 4 is 5.91 Å². The van der Waals surface area contributed by atoms with E-state index in [2.05, 4.69) is 32.8 Å². The van der Waals surface area contributed by atoms with Crippen LogP contribution in [0.2, 0.25) is 0 Å². The van der Waals surface area contributed by atoms with Gasteiger partial charge in [-0.25, -0.2) is 0 Å². The fourth-order valence-corrected chi connectivity index (χ4v) is 3.34. The summed E-state index contributed by atoms with van der Waals surface area (Å²) in [6.45, 7) is 6.57. The normalized spacial score (nSPS) is 25.4. The van der Waals surface area contributed by atoms with Gasteiger partial charge in [-0.15, -0.1) is 0 Å². The molecule has 3 unspecified atom stereocenters. The van der Waals surface area contributed by atoms with Gasteiger partial charge in [0.05, 0.1) is 0 Å². The van der Waals surface area contributed by atoms with Crippen LogP contribution in [0.1, 0.15) is 39.5 Å². The van der Waals surface area contributed by atoms with Crippen molar-refractivity contribution in [2.75, 3.05) is 33.7 Å². The Labute approximate surface area is 118 Å². The minimum Gasteiger partial charge on any atom is -0.339 e. The van der Waals surface area contributed by atoms with Crippen LogP contribution in [-0.4, -0.2) is 55.5 Å². The van der Waals surface area contributed by atoms with Crippen molar-refractivity contribution in [3.8, 4) is 0 Å². The quantitative estimate of drug-likeness (QED) is 0.796. The minimum absolute atomic E-state index is 0.156. The molecular weight excluding hydrogens is 238 g/mol. The predicted molar refractivity (Wildman–Crippen MR) is 79.9 cm³/mol. The molecule has 3 atom stereocenters. The van der Waals surface area contributed by atoms with Gasteiger partial charge in [0.25, 0.3) is 0 Å². The number of hydrogen-bond donors (Lipinski definition) is 1. The van der Waals surface area contributed by atoms with Gasteiger partial charge in [0.2, 0.25) is 5.91 Å². The van der Waals surface area contributed by atoms with Gasteiger partial charge in [0.15, 0.2) is 0 Å². The number of nitrogens with two attached hydrogens (primary N) is 1. The van der Waals surface area contributed by atoms with Crippen molar-refractivity contribution < 1.29 is 4.79 Å². The lowest BCUT2D eigenvalue weighted by Gasteiger charge is -2.37. The Morgan fingerprint density at radius 1 is 1.32 bits per heavy atom. The first-order chi connectivity index (χ1) is 9.01. The smallest absolute Gasteiger partial charge is 0.226 e. The Balaban J connectivity index is 2.70. The van der Waals surface area contributed by atoms with Gasteiger partial charge in [0.1, 0.15) is 0 Å². The van der Waals surface area contributed by atoms with Gasteiger partial charge in [0, 0.05) is 25.0 Å². The van der Waals surface area contributed by atoms with Gasteiger partial charge in [-0.2, -0.15) is 0 Å². The molecule has 0 radical (unpaired) electrons. The highest BCUT2D eigenvalue weighted by Crippen LogP contribution is 2.31. The Morgan fingerprint density at radius 3 is 2.47 bits per heavy atom. The molecule has 1 amide bonds. The maximum absolute atomic E-state index is 12.8. The Hall–Kier alpha value is -0.610. The first-order valence-electron chi connectivity index (χ1n) is 7.66. The average Bonchev–Trinajstić information content (AvgIpc) is 2.38. The van der Waals surface area contributed by atoms with Crippen LogP contribution in [0.25, 0.3) is 0 Å². The highest BCUT2D eigenvalue weighted by atomic mass is 16.2. The number of likely N-dealkylation sites (N-methyl/N-ethyl adjacent to an activating group) is 2.